The van der Waals surface area contributed by atoms with Crippen LogP contribution in [0.5, 0.6) is 0 Å². The standard InChI is InChI=1S/C14H18N6O/c1-9-8-21-5-4-20(9)12-3-2-10(6-17-12)11-7-18-14(16)19-13(11)15/h2-3,6-7,9H,4-5,8H2,1H3,(H4,15,16,18,19)/t9-/m0/s1. The molecule has 2 aromatic heterocycles. The molecule has 0 saturated carbocycles. The molecular formula is C14H18N6O. The summed E-state index contributed by atoms with van der Waals surface area (Å²) < 4.78 is 5.44. The number of aromatic nitrogens is 3. The van der Waals surface area contributed by atoms with Crippen molar-refractivity contribution >= 4 is 17.6 Å². The van der Waals surface area contributed by atoms with E-state index in [1.165, 1.54) is 0 Å². The van der Waals surface area contributed by atoms with Gasteiger partial charge in [-0.1, -0.05) is 0 Å². The molecular weight excluding hydrogens is 268 g/mol. The summed E-state index contributed by atoms with van der Waals surface area (Å²) in [6, 6.07) is 4.27. The van der Waals surface area contributed by atoms with Crippen LogP contribution in [-0.4, -0.2) is 40.8 Å². The normalized spacial score (nSPS) is 18.7. The average molecular weight is 286 g/mol. The van der Waals surface area contributed by atoms with Crippen molar-refractivity contribution in [3.63, 3.8) is 0 Å². The van der Waals surface area contributed by atoms with Crippen LogP contribution in [0.2, 0.25) is 0 Å². The van der Waals surface area contributed by atoms with Gasteiger partial charge >= 0.3 is 0 Å². The van der Waals surface area contributed by atoms with Crippen LogP contribution in [-0.2, 0) is 4.74 Å². The first kappa shape index (κ1) is 13.6. The fourth-order valence-corrected chi connectivity index (χ4v) is 2.41. The third-order valence-corrected chi connectivity index (χ3v) is 3.56. The van der Waals surface area contributed by atoms with Gasteiger partial charge in [0.05, 0.1) is 19.3 Å². The highest BCUT2D eigenvalue weighted by atomic mass is 16.5. The van der Waals surface area contributed by atoms with Gasteiger partial charge in [-0.15, -0.1) is 0 Å². The summed E-state index contributed by atoms with van der Waals surface area (Å²) in [6.07, 6.45) is 3.40. The van der Waals surface area contributed by atoms with Crippen LogP contribution >= 0.6 is 0 Å². The quantitative estimate of drug-likeness (QED) is 0.846. The van der Waals surface area contributed by atoms with E-state index in [9.17, 15) is 0 Å². The first-order valence-corrected chi connectivity index (χ1v) is 6.84. The number of nitrogens with zero attached hydrogens (tertiary/aromatic N) is 4. The molecule has 1 atom stereocenters. The summed E-state index contributed by atoms with van der Waals surface area (Å²) in [5.74, 6) is 1.46. The maximum Gasteiger partial charge on any atom is 0.221 e. The van der Waals surface area contributed by atoms with Crippen molar-refractivity contribution in [3.05, 3.63) is 24.5 Å². The molecule has 0 spiro atoms. The van der Waals surface area contributed by atoms with E-state index in [0.717, 1.165) is 36.7 Å². The first-order chi connectivity index (χ1) is 10.1. The Bertz CT molecular complexity index is 630. The van der Waals surface area contributed by atoms with E-state index in [4.69, 9.17) is 16.2 Å². The number of hydrogen-bond acceptors (Lipinski definition) is 7. The average Bonchev–Trinajstić information content (AvgIpc) is 2.48. The zero-order valence-corrected chi connectivity index (χ0v) is 11.9. The van der Waals surface area contributed by atoms with E-state index < -0.39 is 0 Å². The molecule has 4 N–H and O–H groups in total. The number of nitrogen functional groups attached to an aromatic ring is 2. The molecule has 3 heterocycles. The highest BCUT2D eigenvalue weighted by Gasteiger charge is 2.20. The minimum absolute atomic E-state index is 0.169. The highest BCUT2D eigenvalue weighted by Crippen LogP contribution is 2.25. The molecule has 0 amide bonds. The Morgan fingerprint density at radius 3 is 2.76 bits per heavy atom. The molecule has 110 valence electrons. The van der Waals surface area contributed by atoms with Gasteiger partial charge in [-0.25, -0.2) is 9.97 Å². The van der Waals surface area contributed by atoms with E-state index in [-0.39, 0.29) is 5.95 Å². The molecule has 0 unspecified atom stereocenters. The van der Waals surface area contributed by atoms with Gasteiger partial charge in [-0.2, -0.15) is 4.98 Å². The second kappa shape index (κ2) is 5.53. The van der Waals surface area contributed by atoms with Crippen molar-refractivity contribution in [2.45, 2.75) is 13.0 Å². The van der Waals surface area contributed by atoms with E-state index in [0.29, 0.717) is 11.9 Å². The summed E-state index contributed by atoms with van der Waals surface area (Å²) in [5.41, 5.74) is 13.0. The number of morpholine rings is 1. The van der Waals surface area contributed by atoms with E-state index in [1.54, 1.807) is 12.4 Å². The topological polar surface area (TPSA) is 103 Å². The fraction of sp³-hybridized carbons (Fsp3) is 0.357. The third-order valence-electron chi connectivity index (χ3n) is 3.56. The van der Waals surface area contributed by atoms with Gasteiger partial charge in [0, 0.05) is 30.1 Å². The van der Waals surface area contributed by atoms with Crippen LogP contribution in [0.25, 0.3) is 11.1 Å². The van der Waals surface area contributed by atoms with Crippen LogP contribution in [0, 0.1) is 0 Å². The molecule has 7 nitrogen and oxygen atoms in total. The molecule has 1 aliphatic rings. The molecule has 7 heteroatoms. The molecule has 1 fully saturated rings. The minimum Gasteiger partial charge on any atom is -0.383 e. The highest BCUT2D eigenvalue weighted by molar-refractivity contribution is 5.73. The van der Waals surface area contributed by atoms with Crippen molar-refractivity contribution in [1.82, 2.24) is 15.0 Å². The Morgan fingerprint density at radius 2 is 2.10 bits per heavy atom. The van der Waals surface area contributed by atoms with Crippen molar-refractivity contribution in [3.8, 4) is 11.1 Å². The second-order valence-corrected chi connectivity index (χ2v) is 5.05. The lowest BCUT2D eigenvalue weighted by Crippen LogP contribution is -2.44. The zero-order chi connectivity index (χ0) is 14.8. The number of hydrogen-bond donors (Lipinski definition) is 2. The van der Waals surface area contributed by atoms with Crippen LogP contribution in [0.4, 0.5) is 17.6 Å². The maximum atomic E-state index is 5.87. The Kier molecular flexibility index (Phi) is 3.57. The largest absolute Gasteiger partial charge is 0.383 e. The fourth-order valence-electron chi connectivity index (χ4n) is 2.41. The monoisotopic (exact) mass is 286 g/mol. The molecule has 0 aromatic carbocycles. The van der Waals surface area contributed by atoms with E-state index >= 15 is 0 Å². The van der Waals surface area contributed by atoms with Crippen molar-refractivity contribution < 1.29 is 4.74 Å². The number of nitrogens with two attached hydrogens (primary N) is 2. The maximum absolute atomic E-state index is 5.87. The first-order valence-electron chi connectivity index (χ1n) is 6.84. The van der Waals surface area contributed by atoms with Crippen molar-refractivity contribution in [2.75, 3.05) is 36.1 Å². The van der Waals surface area contributed by atoms with Gasteiger partial charge < -0.3 is 21.1 Å². The molecule has 0 radical (unpaired) electrons. The number of ether oxygens (including phenoxy) is 1. The lowest BCUT2D eigenvalue weighted by Gasteiger charge is -2.34. The van der Waals surface area contributed by atoms with Gasteiger partial charge in [0.25, 0.3) is 0 Å². The summed E-state index contributed by atoms with van der Waals surface area (Å²) in [5, 5.41) is 0. The minimum atomic E-state index is 0.169. The van der Waals surface area contributed by atoms with Gasteiger partial charge in [0.2, 0.25) is 5.95 Å². The molecule has 0 bridgehead atoms. The van der Waals surface area contributed by atoms with Crippen molar-refractivity contribution in [2.24, 2.45) is 0 Å². The molecule has 1 aliphatic heterocycles. The summed E-state index contributed by atoms with van der Waals surface area (Å²) in [6.45, 7) is 4.43. The smallest absolute Gasteiger partial charge is 0.221 e. The Labute approximate surface area is 123 Å². The lowest BCUT2D eigenvalue weighted by molar-refractivity contribution is 0.0985. The Hall–Kier alpha value is -2.41. The molecule has 3 rings (SSSR count). The van der Waals surface area contributed by atoms with E-state index in [2.05, 4.69) is 26.8 Å². The van der Waals surface area contributed by atoms with Gasteiger partial charge in [-0.3, -0.25) is 0 Å². The zero-order valence-electron chi connectivity index (χ0n) is 11.9. The molecule has 1 saturated heterocycles. The number of pyridine rings is 1. The second-order valence-electron chi connectivity index (χ2n) is 5.05. The number of rotatable bonds is 2. The SMILES string of the molecule is C[C@H]1COCCN1c1ccc(-c2cnc(N)nc2N)cn1. The van der Waals surface area contributed by atoms with Crippen LogP contribution < -0.4 is 16.4 Å². The Balaban J connectivity index is 1.86. The van der Waals surface area contributed by atoms with E-state index in [1.807, 2.05) is 12.1 Å². The molecule has 2 aromatic rings. The van der Waals surface area contributed by atoms with Gasteiger partial charge in [-0.05, 0) is 19.1 Å². The summed E-state index contributed by atoms with van der Waals surface area (Å²) in [4.78, 5) is 14.7. The molecule has 21 heavy (non-hydrogen) atoms. The van der Waals surface area contributed by atoms with Crippen molar-refractivity contribution in [1.29, 1.82) is 0 Å². The summed E-state index contributed by atoms with van der Waals surface area (Å²) in [7, 11) is 0. The van der Waals surface area contributed by atoms with Crippen LogP contribution in [0.15, 0.2) is 24.5 Å². The predicted octanol–water partition coefficient (Wildman–Crippen LogP) is 0.928. The lowest BCUT2D eigenvalue weighted by atomic mass is 10.1. The Morgan fingerprint density at radius 1 is 1.24 bits per heavy atom. The summed E-state index contributed by atoms with van der Waals surface area (Å²) >= 11 is 0. The van der Waals surface area contributed by atoms with Crippen LogP contribution in [0.3, 0.4) is 0 Å². The molecule has 0 aliphatic carbocycles. The van der Waals surface area contributed by atoms with Gasteiger partial charge in [0.15, 0.2) is 0 Å². The third kappa shape index (κ3) is 2.73. The predicted molar refractivity (Wildman–Crippen MR) is 81.7 cm³/mol. The van der Waals surface area contributed by atoms with Crippen LogP contribution in [0.1, 0.15) is 6.92 Å². The van der Waals surface area contributed by atoms with Gasteiger partial charge in [0.1, 0.15) is 11.6 Å². The number of anilines is 3.